The second kappa shape index (κ2) is 12.5. The average Bonchev–Trinajstić information content (AvgIpc) is 2.79. The highest BCUT2D eigenvalue weighted by Gasteiger charge is 2.28. The lowest BCUT2D eigenvalue weighted by Gasteiger charge is -2.31. The van der Waals surface area contributed by atoms with E-state index < -0.39 is 6.04 Å². The van der Waals surface area contributed by atoms with E-state index in [1.807, 2.05) is 43.3 Å². The molecule has 7 heteroatoms. The van der Waals surface area contributed by atoms with Crippen molar-refractivity contribution in [3.63, 3.8) is 0 Å². The quantitative estimate of drug-likeness (QED) is 0.460. The maximum absolute atomic E-state index is 13.2. The van der Waals surface area contributed by atoms with Gasteiger partial charge < -0.3 is 10.2 Å². The van der Waals surface area contributed by atoms with E-state index in [1.165, 1.54) is 18.2 Å². The van der Waals surface area contributed by atoms with Crippen molar-refractivity contribution in [2.45, 2.75) is 63.4 Å². The molecule has 0 aliphatic heterocycles. The van der Waals surface area contributed by atoms with Crippen molar-refractivity contribution in [1.29, 1.82) is 0 Å². The molecule has 1 atom stereocenters. The number of nitrogens with zero attached hydrogens (tertiary/aromatic N) is 1. The molecule has 2 aromatic rings. The number of hydrogen-bond acceptors (Lipinski definition) is 3. The van der Waals surface area contributed by atoms with Gasteiger partial charge in [-0.1, -0.05) is 78.9 Å². The van der Waals surface area contributed by atoms with Gasteiger partial charge in [0, 0.05) is 28.4 Å². The lowest BCUT2D eigenvalue weighted by molar-refractivity contribution is -0.139. The lowest BCUT2D eigenvalue weighted by Crippen LogP contribution is -2.50. The van der Waals surface area contributed by atoms with Gasteiger partial charge in [-0.2, -0.15) is 0 Å². The van der Waals surface area contributed by atoms with Crippen molar-refractivity contribution in [3.8, 4) is 0 Å². The van der Waals surface area contributed by atoms with Gasteiger partial charge in [0.15, 0.2) is 0 Å². The molecule has 3 rings (SSSR count). The maximum Gasteiger partial charge on any atom is 0.242 e. The molecule has 0 heterocycles. The fraction of sp³-hybridized carbons (Fsp3) is 0.440. The molecule has 1 fully saturated rings. The number of halogens is 2. The van der Waals surface area contributed by atoms with E-state index in [0.29, 0.717) is 22.3 Å². The van der Waals surface area contributed by atoms with Crippen LogP contribution in [-0.2, 0) is 21.9 Å². The van der Waals surface area contributed by atoms with Gasteiger partial charge in [0.2, 0.25) is 11.8 Å². The molecule has 2 amide bonds. The topological polar surface area (TPSA) is 49.4 Å². The summed E-state index contributed by atoms with van der Waals surface area (Å²) < 4.78 is 0. The lowest BCUT2D eigenvalue weighted by atomic mass is 9.95. The van der Waals surface area contributed by atoms with E-state index in [9.17, 15) is 9.59 Å². The number of nitrogens with one attached hydrogen (secondary N) is 1. The van der Waals surface area contributed by atoms with Crippen LogP contribution in [0.25, 0.3) is 0 Å². The minimum absolute atomic E-state index is 0.0600. The summed E-state index contributed by atoms with van der Waals surface area (Å²) in [6, 6.07) is 14.9. The summed E-state index contributed by atoms with van der Waals surface area (Å²) in [4.78, 5) is 27.8. The van der Waals surface area contributed by atoms with Crippen LogP contribution in [0, 0.1) is 0 Å². The van der Waals surface area contributed by atoms with E-state index >= 15 is 0 Å². The van der Waals surface area contributed by atoms with E-state index in [-0.39, 0.29) is 23.6 Å². The third-order valence-corrected chi connectivity index (χ3v) is 7.37. The normalized spacial score (nSPS) is 15.2. The zero-order valence-corrected chi connectivity index (χ0v) is 20.7. The van der Waals surface area contributed by atoms with Crippen molar-refractivity contribution < 1.29 is 9.59 Å². The van der Waals surface area contributed by atoms with Crippen molar-refractivity contribution >= 4 is 46.8 Å². The Labute approximate surface area is 205 Å². The van der Waals surface area contributed by atoms with E-state index in [2.05, 4.69) is 5.32 Å². The molecule has 0 radical (unpaired) electrons. The number of benzene rings is 2. The van der Waals surface area contributed by atoms with Crippen LogP contribution in [0.1, 0.15) is 50.2 Å². The standard InChI is InChI=1S/C25H30Cl2N2O2S/c1-18(25(31)28-22-10-6-3-7-11-22)29(15-19-8-4-2-5-9-19)24(30)17-32-16-20-12-13-21(26)14-23(20)27/h2,4-5,8-9,12-14,18,22H,3,6-7,10-11,15-17H2,1H3,(H,28,31)/t18-/m0/s1. The first-order valence-electron chi connectivity index (χ1n) is 11.1. The van der Waals surface area contributed by atoms with Crippen molar-refractivity contribution in [2.24, 2.45) is 0 Å². The monoisotopic (exact) mass is 492 g/mol. The van der Waals surface area contributed by atoms with Gasteiger partial charge >= 0.3 is 0 Å². The van der Waals surface area contributed by atoms with Crippen LogP contribution in [0.3, 0.4) is 0 Å². The predicted molar refractivity (Wildman–Crippen MR) is 134 cm³/mol. The first kappa shape index (κ1) is 24.9. The molecule has 0 bridgehead atoms. The number of carbonyl (C=O) groups is 2. The third-order valence-electron chi connectivity index (χ3n) is 5.81. The molecule has 2 aromatic carbocycles. The number of hydrogen-bond donors (Lipinski definition) is 1. The average molecular weight is 494 g/mol. The number of amides is 2. The van der Waals surface area contributed by atoms with E-state index in [1.54, 1.807) is 17.0 Å². The summed E-state index contributed by atoms with van der Waals surface area (Å²) in [5.74, 6) is 0.735. The summed E-state index contributed by atoms with van der Waals surface area (Å²) in [5, 5.41) is 4.35. The maximum atomic E-state index is 13.2. The zero-order valence-electron chi connectivity index (χ0n) is 18.4. The molecule has 4 nitrogen and oxygen atoms in total. The summed E-state index contributed by atoms with van der Waals surface area (Å²) in [7, 11) is 0. The predicted octanol–water partition coefficient (Wildman–Crippen LogP) is 6.09. The molecule has 1 aliphatic rings. The smallest absolute Gasteiger partial charge is 0.242 e. The SMILES string of the molecule is C[C@@H](C(=O)NC1CCCCC1)N(Cc1ccccc1)C(=O)CSCc1ccc(Cl)cc1Cl. The van der Waals surface area contributed by atoms with Crippen LogP contribution in [0.15, 0.2) is 48.5 Å². The van der Waals surface area contributed by atoms with Gasteiger partial charge in [0.25, 0.3) is 0 Å². The van der Waals surface area contributed by atoms with Gasteiger partial charge in [-0.15, -0.1) is 11.8 Å². The van der Waals surface area contributed by atoms with Gasteiger partial charge in [0.05, 0.1) is 5.75 Å². The molecule has 1 aliphatic carbocycles. The molecule has 32 heavy (non-hydrogen) atoms. The Morgan fingerprint density at radius 1 is 1.09 bits per heavy atom. The summed E-state index contributed by atoms with van der Waals surface area (Å²) in [6.45, 7) is 2.22. The van der Waals surface area contributed by atoms with Crippen molar-refractivity contribution in [3.05, 3.63) is 69.7 Å². The molecule has 0 unspecified atom stereocenters. The van der Waals surface area contributed by atoms with Gasteiger partial charge in [-0.3, -0.25) is 9.59 Å². The second-order valence-corrected chi connectivity index (χ2v) is 10.1. The number of rotatable bonds is 9. The van der Waals surface area contributed by atoms with Crippen LogP contribution in [0.4, 0.5) is 0 Å². The molecule has 172 valence electrons. The molecule has 0 aromatic heterocycles. The van der Waals surface area contributed by atoms with Crippen LogP contribution < -0.4 is 5.32 Å². The highest BCUT2D eigenvalue weighted by molar-refractivity contribution is 7.99. The fourth-order valence-electron chi connectivity index (χ4n) is 3.90. The Bertz CT molecular complexity index is 904. The molecule has 1 N–H and O–H groups in total. The largest absolute Gasteiger partial charge is 0.352 e. The number of carbonyl (C=O) groups excluding carboxylic acids is 2. The van der Waals surface area contributed by atoms with Gasteiger partial charge in [-0.05, 0) is 43.0 Å². The first-order valence-corrected chi connectivity index (χ1v) is 13.0. The fourth-order valence-corrected chi connectivity index (χ4v) is 5.37. The Balaban J connectivity index is 1.63. The molecular formula is C25H30Cl2N2O2S. The highest BCUT2D eigenvalue weighted by Crippen LogP contribution is 2.25. The van der Waals surface area contributed by atoms with Crippen LogP contribution in [-0.4, -0.2) is 34.6 Å². The Hall–Kier alpha value is -1.69. The Morgan fingerprint density at radius 3 is 2.50 bits per heavy atom. The van der Waals surface area contributed by atoms with Gasteiger partial charge in [0.1, 0.15) is 6.04 Å². The van der Waals surface area contributed by atoms with E-state index in [4.69, 9.17) is 23.2 Å². The minimum atomic E-state index is -0.538. The first-order chi connectivity index (χ1) is 15.4. The van der Waals surface area contributed by atoms with Gasteiger partial charge in [-0.25, -0.2) is 0 Å². The summed E-state index contributed by atoms with van der Waals surface area (Å²) >= 11 is 13.7. The second-order valence-electron chi connectivity index (χ2n) is 8.26. The summed E-state index contributed by atoms with van der Waals surface area (Å²) in [5.41, 5.74) is 1.94. The van der Waals surface area contributed by atoms with Crippen molar-refractivity contribution in [1.82, 2.24) is 10.2 Å². The van der Waals surface area contributed by atoms with Crippen molar-refractivity contribution in [2.75, 3.05) is 5.75 Å². The van der Waals surface area contributed by atoms with Crippen LogP contribution in [0.2, 0.25) is 10.0 Å². The zero-order chi connectivity index (χ0) is 22.9. The number of thioether (sulfide) groups is 1. The van der Waals surface area contributed by atoms with Crippen LogP contribution in [0.5, 0.6) is 0 Å². The Morgan fingerprint density at radius 2 is 1.81 bits per heavy atom. The molecule has 0 spiro atoms. The molecule has 1 saturated carbocycles. The molecular weight excluding hydrogens is 463 g/mol. The molecule has 0 saturated heterocycles. The van der Waals surface area contributed by atoms with E-state index in [0.717, 1.165) is 36.8 Å². The minimum Gasteiger partial charge on any atom is -0.352 e. The highest BCUT2D eigenvalue weighted by atomic mass is 35.5. The Kier molecular flexibility index (Phi) is 9.76. The summed E-state index contributed by atoms with van der Waals surface area (Å²) in [6.07, 6.45) is 5.56. The third kappa shape index (κ3) is 7.43. The van der Waals surface area contributed by atoms with Crippen LogP contribution >= 0.6 is 35.0 Å².